The number of amides is 1. The molecule has 0 heterocycles. The Bertz CT molecular complexity index is 614. The van der Waals surface area contributed by atoms with Gasteiger partial charge in [-0.25, -0.2) is 8.78 Å². The molecule has 3 atom stereocenters. The van der Waals surface area contributed by atoms with Crippen LogP contribution in [0.5, 0.6) is 0 Å². The van der Waals surface area contributed by atoms with Gasteiger partial charge in [0.05, 0.1) is 6.07 Å². The number of rotatable bonds is 4. The summed E-state index contributed by atoms with van der Waals surface area (Å²) in [4.78, 5) is 21.6. The molecule has 1 fully saturated rings. The standard InChI is InChI=1S/C12H9F2N3O3/c13-6-1-2-7(9(14)3-6)10(5-15)16-12(18)8-4-11(8)17(19)20/h1-3,8,10-11H,4H2,(H,16,18)/t8-,10+,11+/m1/s1. The maximum atomic E-state index is 13.5. The zero-order valence-electron chi connectivity index (χ0n) is 10.0. The van der Waals surface area contributed by atoms with Gasteiger partial charge in [-0.15, -0.1) is 0 Å². The normalized spacial score (nSPS) is 21.6. The van der Waals surface area contributed by atoms with E-state index in [4.69, 9.17) is 5.26 Å². The maximum Gasteiger partial charge on any atom is 0.231 e. The predicted octanol–water partition coefficient (Wildman–Crippen LogP) is 1.31. The summed E-state index contributed by atoms with van der Waals surface area (Å²) in [5.74, 6) is -3.24. The Morgan fingerprint density at radius 3 is 2.75 bits per heavy atom. The third-order valence-corrected chi connectivity index (χ3v) is 3.05. The summed E-state index contributed by atoms with van der Waals surface area (Å²) in [5.41, 5.74) is -0.180. The first-order valence-corrected chi connectivity index (χ1v) is 5.72. The number of benzene rings is 1. The summed E-state index contributed by atoms with van der Waals surface area (Å²) in [6.45, 7) is 0. The van der Waals surface area contributed by atoms with Crippen LogP contribution in [0, 0.1) is 39.0 Å². The maximum absolute atomic E-state index is 13.5. The van der Waals surface area contributed by atoms with E-state index in [2.05, 4.69) is 5.32 Å². The molecule has 104 valence electrons. The van der Waals surface area contributed by atoms with Gasteiger partial charge < -0.3 is 5.32 Å². The van der Waals surface area contributed by atoms with Gasteiger partial charge >= 0.3 is 0 Å². The Morgan fingerprint density at radius 1 is 1.55 bits per heavy atom. The van der Waals surface area contributed by atoms with E-state index in [0.29, 0.717) is 6.07 Å². The molecule has 1 N–H and O–H groups in total. The minimum atomic E-state index is -1.31. The Morgan fingerprint density at radius 2 is 2.25 bits per heavy atom. The lowest BCUT2D eigenvalue weighted by atomic mass is 10.1. The fourth-order valence-corrected chi connectivity index (χ4v) is 1.86. The average molecular weight is 281 g/mol. The van der Waals surface area contributed by atoms with E-state index in [1.54, 1.807) is 6.07 Å². The molecule has 8 heteroatoms. The second kappa shape index (κ2) is 5.21. The first kappa shape index (κ1) is 13.9. The van der Waals surface area contributed by atoms with Crippen LogP contribution in [-0.2, 0) is 4.79 Å². The summed E-state index contributed by atoms with van der Waals surface area (Å²) in [6, 6.07) is 2.03. The summed E-state index contributed by atoms with van der Waals surface area (Å²) in [7, 11) is 0. The van der Waals surface area contributed by atoms with Crippen molar-refractivity contribution in [3.8, 4) is 6.07 Å². The van der Waals surface area contributed by atoms with Crippen molar-refractivity contribution in [3.63, 3.8) is 0 Å². The minimum Gasteiger partial charge on any atom is -0.336 e. The van der Waals surface area contributed by atoms with Gasteiger partial charge in [0.25, 0.3) is 0 Å². The monoisotopic (exact) mass is 281 g/mol. The molecule has 6 nitrogen and oxygen atoms in total. The fourth-order valence-electron chi connectivity index (χ4n) is 1.86. The summed E-state index contributed by atoms with van der Waals surface area (Å²) < 4.78 is 26.3. The molecule has 1 amide bonds. The Hall–Kier alpha value is -2.56. The number of carbonyl (C=O) groups is 1. The van der Waals surface area contributed by atoms with Crippen LogP contribution in [0.3, 0.4) is 0 Å². The highest BCUT2D eigenvalue weighted by Gasteiger charge is 2.53. The molecule has 0 spiro atoms. The summed E-state index contributed by atoms with van der Waals surface area (Å²) in [5, 5.41) is 21.6. The number of hydrogen-bond donors (Lipinski definition) is 1. The highest BCUT2D eigenvalue weighted by molar-refractivity contribution is 5.82. The van der Waals surface area contributed by atoms with Gasteiger partial charge in [-0.3, -0.25) is 14.9 Å². The van der Waals surface area contributed by atoms with Crippen LogP contribution in [0.15, 0.2) is 18.2 Å². The van der Waals surface area contributed by atoms with Crippen molar-refractivity contribution in [1.29, 1.82) is 5.26 Å². The molecule has 0 saturated heterocycles. The highest BCUT2D eigenvalue weighted by atomic mass is 19.1. The molecule has 0 aromatic heterocycles. The molecule has 1 aliphatic rings. The van der Waals surface area contributed by atoms with Crippen molar-refractivity contribution in [2.24, 2.45) is 5.92 Å². The number of nitro groups is 1. The second-order valence-corrected chi connectivity index (χ2v) is 4.43. The lowest BCUT2D eigenvalue weighted by Crippen LogP contribution is -2.31. The van der Waals surface area contributed by atoms with Gasteiger partial charge in [0.1, 0.15) is 23.6 Å². The van der Waals surface area contributed by atoms with E-state index < -0.39 is 40.5 Å². The minimum absolute atomic E-state index is 0.100. The van der Waals surface area contributed by atoms with Crippen LogP contribution < -0.4 is 5.32 Å². The lowest BCUT2D eigenvalue weighted by molar-refractivity contribution is -0.497. The van der Waals surface area contributed by atoms with Crippen LogP contribution >= 0.6 is 0 Å². The van der Waals surface area contributed by atoms with E-state index in [1.807, 2.05) is 0 Å². The van der Waals surface area contributed by atoms with Crippen molar-refractivity contribution in [3.05, 3.63) is 45.5 Å². The van der Waals surface area contributed by atoms with Gasteiger partial charge in [-0.1, -0.05) is 6.07 Å². The first-order chi connectivity index (χ1) is 9.43. The first-order valence-electron chi connectivity index (χ1n) is 5.72. The van der Waals surface area contributed by atoms with Crippen molar-refractivity contribution in [2.75, 3.05) is 0 Å². The van der Waals surface area contributed by atoms with E-state index in [-0.39, 0.29) is 12.0 Å². The van der Waals surface area contributed by atoms with Gasteiger partial charge in [-0.05, 0) is 6.07 Å². The second-order valence-electron chi connectivity index (χ2n) is 4.43. The fraction of sp³-hybridized carbons (Fsp3) is 0.333. The van der Waals surface area contributed by atoms with Gasteiger partial charge in [-0.2, -0.15) is 5.26 Å². The van der Waals surface area contributed by atoms with Gasteiger partial charge in [0, 0.05) is 23.0 Å². The van der Waals surface area contributed by atoms with Crippen LogP contribution in [0.4, 0.5) is 8.78 Å². The number of nitrogens with one attached hydrogen (secondary N) is 1. The molecule has 0 radical (unpaired) electrons. The number of halogens is 2. The zero-order valence-corrected chi connectivity index (χ0v) is 10.0. The van der Waals surface area contributed by atoms with Crippen LogP contribution in [-0.4, -0.2) is 16.9 Å². The number of hydrogen-bond acceptors (Lipinski definition) is 4. The van der Waals surface area contributed by atoms with Crippen molar-refractivity contribution < 1.29 is 18.5 Å². The average Bonchev–Trinajstić information content (AvgIpc) is 3.16. The van der Waals surface area contributed by atoms with Gasteiger partial charge in [0.2, 0.25) is 11.9 Å². The Kier molecular flexibility index (Phi) is 3.61. The van der Waals surface area contributed by atoms with Crippen molar-refractivity contribution in [2.45, 2.75) is 18.5 Å². The van der Waals surface area contributed by atoms with Crippen LogP contribution in [0.25, 0.3) is 0 Å². The number of nitriles is 1. The number of carbonyl (C=O) groups excluding carboxylic acids is 1. The SMILES string of the molecule is N#C[C@H](NC(=O)[C@@H]1C[C@@H]1[N+](=O)[O-])c1ccc(F)cc1F. The molecule has 2 rings (SSSR count). The Balaban J connectivity index is 2.09. The molecule has 1 aliphatic carbocycles. The smallest absolute Gasteiger partial charge is 0.231 e. The highest BCUT2D eigenvalue weighted by Crippen LogP contribution is 2.33. The molecular formula is C12H9F2N3O3. The molecule has 1 aromatic carbocycles. The summed E-state index contributed by atoms with van der Waals surface area (Å²) in [6.07, 6.45) is 0.100. The predicted molar refractivity (Wildman–Crippen MR) is 61.7 cm³/mol. The molecule has 1 saturated carbocycles. The number of nitrogens with zero attached hydrogens (tertiary/aromatic N) is 2. The van der Waals surface area contributed by atoms with E-state index in [0.717, 1.165) is 12.1 Å². The molecule has 0 aliphatic heterocycles. The lowest BCUT2D eigenvalue weighted by Gasteiger charge is -2.12. The van der Waals surface area contributed by atoms with E-state index in [9.17, 15) is 23.7 Å². The quantitative estimate of drug-likeness (QED) is 0.664. The zero-order chi connectivity index (χ0) is 14.9. The van der Waals surface area contributed by atoms with E-state index >= 15 is 0 Å². The topological polar surface area (TPSA) is 96.0 Å². The van der Waals surface area contributed by atoms with Crippen molar-refractivity contribution >= 4 is 5.91 Å². The Labute approximate surface area is 112 Å². The molecule has 0 unspecified atom stereocenters. The molecule has 0 bridgehead atoms. The van der Waals surface area contributed by atoms with Crippen molar-refractivity contribution in [1.82, 2.24) is 5.32 Å². The molecule has 1 aromatic rings. The van der Waals surface area contributed by atoms with Crippen LogP contribution in [0.2, 0.25) is 0 Å². The third-order valence-electron chi connectivity index (χ3n) is 3.05. The largest absolute Gasteiger partial charge is 0.336 e. The van der Waals surface area contributed by atoms with Crippen LogP contribution in [0.1, 0.15) is 18.0 Å². The summed E-state index contributed by atoms with van der Waals surface area (Å²) >= 11 is 0. The molecular weight excluding hydrogens is 272 g/mol. The molecule has 20 heavy (non-hydrogen) atoms. The third kappa shape index (κ3) is 2.71. The van der Waals surface area contributed by atoms with E-state index in [1.165, 1.54) is 0 Å². The van der Waals surface area contributed by atoms with Gasteiger partial charge in [0.15, 0.2) is 0 Å².